The highest BCUT2D eigenvalue weighted by molar-refractivity contribution is 6.35. The molecular weight excluding hydrogens is 469 g/mol. The van der Waals surface area contributed by atoms with E-state index in [0.29, 0.717) is 26.9 Å². The predicted molar refractivity (Wildman–Crippen MR) is 122 cm³/mol. The summed E-state index contributed by atoms with van der Waals surface area (Å²) >= 11 is 12.2. The minimum Gasteiger partial charge on any atom is -0.465 e. The van der Waals surface area contributed by atoms with Gasteiger partial charge in [-0.05, 0) is 62.2 Å². The van der Waals surface area contributed by atoms with Crippen LogP contribution in [0.4, 0.5) is 0 Å². The molecule has 0 aliphatic heterocycles. The van der Waals surface area contributed by atoms with Crippen molar-refractivity contribution in [2.24, 2.45) is 5.92 Å². The van der Waals surface area contributed by atoms with Crippen molar-refractivity contribution in [3.8, 4) is 5.69 Å². The third-order valence-corrected chi connectivity index (χ3v) is 5.30. The van der Waals surface area contributed by atoms with Crippen LogP contribution >= 0.6 is 23.2 Å². The van der Waals surface area contributed by atoms with Gasteiger partial charge >= 0.3 is 11.9 Å². The number of carbonyl (C=O) groups excluding carboxylic acids is 3. The number of ether oxygens (including phenoxy) is 2. The molecule has 0 saturated heterocycles. The van der Waals surface area contributed by atoms with Gasteiger partial charge in [-0.25, -0.2) is 9.48 Å². The molecule has 0 bridgehead atoms. The Bertz CT molecular complexity index is 1160. The Morgan fingerprint density at radius 3 is 2.33 bits per heavy atom. The Kier molecular flexibility index (Phi) is 8.19. The highest BCUT2D eigenvalue weighted by Crippen LogP contribution is 2.25. The van der Waals surface area contributed by atoms with E-state index in [1.807, 2.05) is 0 Å². The maximum absolute atomic E-state index is 13.2. The van der Waals surface area contributed by atoms with Crippen molar-refractivity contribution in [2.75, 3.05) is 13.2 Å². The number of hydrogen-bond donors (Lipinski definition) is 0. The lowest BCUT2D eigenvalue weighted by molar-refractivity contribution is -0.146. The highest BCUT2D eigenvalue weighted by atomic mass is 35.5. The van der Waals surface area contributed by atoms with Crippen LogP contribution in [0.15, 0.2) is 48.7 Å². The molecule has 0 saturated carbocycles. The minimum atomic E-state index is -1.15. The normalized spacial score (nSPS) is 11.6. The van der Waals surface area contributed by atoms with E-state index in [4.69, 9.17) is 32.7 Å². The van der Waals surface area contributed by atoms with Gasteiger partial charge in [0.2, 0.25) is 0 Å². The molecule has 10 heteroatoms. The quantitative estimate of drug-likeness (QED) is 0.250. The second kappa shape index (κ2) is 11.1. The Labute approximate surface area is 200 Å². The number of esters is 2. The molecule has 0 N–H and O–H groups in total. The van der Waals surface area contributed by atoms with Crippen LogP contribution in [0, 0.1) is 5.92 Å². The van der Waals surface area contributed by atoms with Gasteiger partial charge in [0, 0.05) is 10.0 Å². The Hall–Kier alpha value is -3.23. The lowest BCUT2D eigenvalue weighted by Crippen LogP contribution is -2.29. The number of ketones is 1. The summed E-state index contributed by atoms with van der Waals surface area (Å²) in [6, 6.07) is 11.3. The second-order valence-electron chi connectivity index (χ2n) is 6.92. The average Bonchev–Trinajstić information content (AvgIpc) is 3.29. The van der Waals surface area contributed by atoms with E-state index < -0.39 is 23.6 Å². The number of Topliss-reactive ketones (excluding diaryl/α,β-unsaturated/α-hetero) is 1. The molecule has 0 fully saturated rings. The summed E-state index contributed by atoms with van der Waals surface area (Å²) in [5.74, 6) is -2.81. The molecule has 1 heterocycles. The Morgan fingerprint density at radius 1 is 1.00 bits per heavy atom. The molecule has 8 nitrogen and oxygen atoms in total. The maximum Gasteiger partial charge on any atom is 0.338 e. The number of halogens is 2. The van der Waals surface area contributed by atoms with Gasteiger partial charge in [-0.15, -0.1) is 5.10 Å². The largest absolute Gasteiger partial charge is 0.465 e. The first kappa shape index (κ1) is 24.4. The van der Waals surface area contributed by atoms with Crippen LogP contribution in [-0.2, 0) is 20.7 Å². The van der Waals surface area contributed by atoms with Gasteiger partial charge in [0.1, 0.15) is 11.6 Å². The predicted octanol–water partition coefficient (Wildman–Crippen LogP) is 4.36. The zero-order chi connectivity index (χ0) is 24.0. The van der Waals surface area contributed by atoms with Gasteiger partial charge in [0.15, 0.2) is 5.78 Å². The number of aromatic nitrogens is 3. The van der Waals surface area contributed by atoms with Crippen LogP contribution in [0.25, 0.3) is 5.69 Å². The number of rotatable bonds is 9. The number of nitrogens with zero attached hydrogens (tertiary/aromatic N) is 3. The molecule has 172 valence electrons. The van der Waals surface area contributed by atoms with E-state index in [-0.39, 0.29) is 25.3 Å². The van der Waals surface area contributed by atoms with Crippen LogP contribution in [0.1, 0.15) is 40.3 Å². The number of benzene rings is 2. The number of carbonyl (C=O) groups is 3. The van der Waals surface area contributed by atoms with Crippen molar-refractivity contribution < 1.29 is 23.9 Å². The highest BCUT2D eigenvalue weighted by Gasteiger charge is 2.32. The molecule has 1 atom stereocenters. The zero-order valence-electron chi connectivity index (χ0n) is 18.0. The fourth-order valence-electron chi connectivity index (χ4n) is 3.08. The minimum absolute atomic E-state index is 0.00684. The van der Waals surface area contributed by atoms with Gasteiger partial charge < -0.3 is 9.47 Å². The summed E-state index contributed by atoms with van der Waals surface area (Å²) in [6.07, 6.45) is 1.44. The monoisotopic (exact) mass is 489 g/mol. The van der Waals surface area contributed by atoms with Gasteiger partial charge in [-0.1, -0.05) is 34.5 Å². The molecule has 3 rings (SSSR count). The van der Waals surface area contributed by atoms with Crippen LogP contribution < -0.4 is 0 Å². The van der Waals surface area contributed by atoms with Crippen molar-refractivity contribution in [1.82, 2.24) is 15.0 Å². The average molecular weight is 490 g/mol. The molecule has 1 aromatic heterocycles. The van der Waals surface area contributed by atoms with E-state index in [9.17, 15) is 14.4 Å². The third-order valence-electron chi connectivity index (χ3n) is 4.72. The van der Waals surface area contributed by atoms with E-state index in [1.54, 1.807) is 56.3 Å². The van der Waals surface area contributed by atoms with E-state index in [2.05, 4.69) is 10.3 Å². The summed E-state index contributed by atoms with van der Waals surface area (Å²) in [5.41, 5.74) is 1.53. The molecule has 3 aromatic rings. The molecular formula is C23H21Cl2N3O5. The van der Waals surface area contributed by atoms with Crippen molar-refractivity contribution in [2.45, 2.75) is 20.3 Å². The Balaban J connectivity index is 1.83. The summed E-state index contributed by atoms with van der Waals surface area (Å²) in [6.45, 7) is 3.78. The lowest BCUT2D eigenvalue weighted by Gasteiger charge is -2.14. The lowest BCUT2D eigenvalue weighted by atomic mass is 9.93. The van der Waals surface area contributed by atoms with Crippen molar-refractivity contribution in [3.63, 3.8) is 0 Å². The summed E-state index contributed by atoms with van der Waals surface area (Å²) in [5, 5.41) is 8.69. The van der Waals surface area contributed by atoms with Crippen LogP contribution in [-0.4, -0.2) is 45.9 Å². The first-order valence-electron chi connectivity index (χ1n) is 10.2. The van der Waals surface area contributed by atoms with Crippen molar-refractivity contribution >= 4 is 40.9 Å². The van der Waals surface area contributed by atoms with Crippen LogP contribution in [0.2, 0.25) is 10.0 Å². The SMILES string of the molecule is CCOC(=O)c1ccc(-n2cc(C(=O)[C@H](Cc3ccc(Cl)cc3Cl)C(=O)OCC)nn2)cc1. The second-order valence-corrected chi connectivity index (χ2v) is 7.77. The van der Waals surface area contributed by atoms with E-state index >= 15 is 0 Å². The topological polar surface area (TPSA) is 100 Å². The van der Waals surface area contributed by atoms with Gasteiger partial charge in [0.25, 0.3) is 0 Å². The first-order chi connectivity index (χ1) is 15.8. The molecule has 0 spiro atoms. The van der Waals surface area contributed by atoms with Crippen molar-refractivity contribution in [1.29, 1.82) is 0 Å². The van der Waals surface area contributed by atoms with Crippen LogP contribution in [0.3, 0.4) is 0 Å². The smallest absolute Gasteiger partial charge is 0.338 e. The summed E-state index contributed by atoms with van der Waals surface area (Å²) in [7, 11) is 0. The van der Waals surface area contributed by atoms with Crippen LogP contribution in [0.5, 0.6) is 0 Å². The Morgan fingerprint density at radius 2 is 1.70 bits per heavy atom. The molecule has 0 radical (unpaired) electrons. The maximum atomic E-state index is 13.2. The third kappa shape index (κ3) is 5.97. The molecule has 0 unspecified atom stereocenters. The fraction of sp³-hybridized carbons (Fsp3) is 0.261. The summed E-state index contributed by atoms with van der Waals surface area (Å²) in [4.78, 5) is 37.5. The van der Waals surface area contributed by atoms with Gasteiger partial charge in [0.05, 0.1) is 30.7 Å². The molecule has 0 amide bonds. The fourth-order valence-corrected chi connectivity index (χ4v) is 3.56. The molecule has 0 aliphatic rings. The van der Waals surface area contributed by atoms with Crippen molar-refractivity contribution in [3.05, 3.63) is 75.5 Å². The zero-order valence-corrected chi connectivity index (χ0v) is 19.5. The van der Waals surface area contributed by atoms with E-state index in [0.717, 1.165) is 0 Å². The molecule has 0 aliphatic carbocycles. The molecule has 2 aromatic carbocycles. The van der Waals surface area contributed by atoms with Gasteiger partial charge in [-0.2, -0.15) is 0 Å². The summed E-state index contributed by atoms with van der Waals surface area (Å²) < 4.78 is 11.4. The standard InChI is InChI=1S/C23H21Cl2N3O5/c1-3-32-22(30)14-6-9-17(10-7-14)28-13-20(26-27-28)21(29)18(23(31)33-4-2)11-15-5-8-16(24)12-19(15)25/h5-10,12-13,18H,3-4,11H2,1-2H3/t18-/m0/s1. The van der Waals surface area contributed by atoms with Gasteiger partial charge in [-0.3, -0.25) is 9.59 Å². The number of hydrogen-bond acceptors (Lipinski definition) is 7. The molecule has 33 heavy (non-hydrogen) atoms. The first-order valence-corrected chi connectivity index (χ1v) is 10.9. The van der Waals surface area contributed by atoms with E-state index in [1.165, 1.54) is 10.9 Å².